The highest BCUT2D eigenvalue weighted by atomic mass is 16.3. The topological polar surface area (TPSA) is 37.3 Å². The Bertz CT molecular complexity index is 1090. The second-order valence-electron chi connectivity index (χ2n) is 10.2. The highest BCUT2D eigenvalue weighted by Crippen LogP contribution is 2.37. The van der Waals surface area contributed by atoms with E-state index >= 15 is 0 Å². The van der Waals surface area contributed by atoms with Crippen molar-refractivity contribution in [1.29, 1.82) is 0 Å². The lowest BCUT2D eigenvalue weighted by Gasteiger charge is -2.32. The average Bonchev–Trinajstić information content (AvgIpc) is 3.24. The summed E-state index contributed by atoms with van der Waals surface area (Å²) in [6.45, 7) is 4.17. The quantitative estimate of drug-likeness (QED) is 0.467. The van der Waals surface area contributed by atoms with E-state index in [0.29, 0.717) is 12.3 Å². The third-order valence-corrected chi connectivity index (χ3v) is 7.77. The Morgan fingerprint density at radius 3 is 2.61 bits per heavy atom. The molecule has 0 heterocycles. The molecule has 1 N–H and O–H groups in total. The fraction of sp³-hybridized carbons (Fsp3) is 0.387. The molecule has 1 fully saturated rings. The summed E-state index contributed by atoms with van der Waals surface area (Å²) in [5.74, 6) is 0.710. The van der Waals surface area contributed by atoms with Gasteiger partial charge in [0.05, 0.1) is 5.60 Å². The minimum atomic E-state index is -0.460. The molecular weight excluding hydrogens is 404 g/mol. The summed E-state index contributed by atoms with van der Waals surface area (Å²) in [6.07, 6.45) is 32.1. The number of rotatable bonds is 7. The summed E-state index contributed by atoms with van der Waals surface area (Å²) in [6, 6.07) is 0. The summed E-state index contributed by atoms with van der Waals surface area (Å²) in [4.78, 5) is 12.9. The van der Waals surface area contributed by atoms with Crippen LogP contribution in [0.4, 0.5) is 0 Å². The molecular formula is C31H34O2. The molecule has 0 radical (unpaired) electrons. The monoisotopic (exact) mass is 438 g/mol. The maximum atomic E-state index is 12.9. The van der Waals surface area contributed by atoms with Gasteiger partial charge < -0.3 is 5.11 Å². The maximum absolute atomic E-state index is 12.9. The van der Waals surface area contributed by atoms with Crippen molar-refractivity contribution in [3.63, 3.8) is 0 Å². The van der Waals surface area contributed by atoms with Gasteiger partial charge in [-0.15, -0.1) is 0 Å². The zero-order valence-electron chi connectivity index (χ0n) is 19.4. The van der Waals surface area contributed by atoms with Crippen molar-refractivity contribution in [3.8, 4) is 0 Å². The molecule has 2 nitrogen and oxygen atoms in total. The van der Waals surface area contributed by atoms with Gasteiger partial charge in [0.25, 0.3) is 0 Å². The van der Waals surface area contributed by atoms with Crippen molar-refractivity contribution in [3.05, 3.63) is 107 Å². The first kappa shape index (κ1) is 22.1. The first-order valence-electron chi connectivity index (χ1n) is 12.5. The first-order valence-corrected chi connectivity index (χ1v) is 12.5. The maximum Gasteiger partial charge on any atom is 0.163 e. The van der Waals surface area contributed by atoms with Gasteiger partial charge in [0.15, 0.2) is 5.78 Å². The second kappa shape index (κ2) is 9.27. The molecule has 5 aliphatic rings. The van der Waals surface area contributed by atoms with Gasteiger partial charge in [-0.3, -0.25) is 4.79 Å². The van der Waals surface area contributed by atoms with Crippen molar-refractivity contribution >= 4 is 5.78 Å². The van der Waals surface area contributed by atoms with E-state index in [-0.39, 0.29) is 11.7 Å². The molecule has 2 unspecified atom stereocenters. The highest BCUT2D eigenvalue weighted by molar-refractivity contribution is 5.99. The zero-order valence-corrected chi connectivity index (χ0v) is 19.4. The molecule has 0 bridgehead atoms. The molecule has 1 saturated carbocycles. The molecule has 33 heavy (non-hydrogen) atoms. The van der Waals surface area contributed by atoms with Gasteiger partial charge in [-0.25, -0.2) is 0 Å². The van der Waals surface area contributed by atoms with Gasteiger partial charge in [0.1, 0.15) is 0 Å². The molecule has 5 rings (SSSR count). The summed E-state index contributed by atoms with van der Waals surface area (Å²) in [5.41, 5.74) is 6.35. The minimum absolute atomic E-state index is 0.187. The van der Waals surface area contributed by atoms with Crippen LogP contribution in [0.2, 0.25) is 0 Å². The van der Waals surface area contributed by atoms with Gasteiger partial charge in [-0.1, -0.05) is 91.7 Å². The number of fused-ring (bicyclic) bond motifs is 2. The van der Waals surface area contributed by atoms with Crippen LogP contribution >= 0.6 is 0 Å². The third-order valence-electron chi connectivity index (χ3n) is 7.77. The van der Waals surface area contributed by atoms with Crippen molar-refractivity contribution in [2.24, 2.45) is 11.8 Å². The number of ketones is 1. The lowest BCUT2D eigenvalue weighted by atomic mass is 9.80. The molecule has 0 saturated heterocycles. The third kappa shape index (κ3) is 4.96. The van der Waals surface area contributed by atoms with E-state index in [1.807, 2.05) is 24.3 Å². The number of carbonyl (C=O) groups is 1. The number of allylic oxidation sites excluding steroid dienone is 17. The van der Waals surface area contributed by atoms with Gasteiger partial charge in [0, 0.05) is 23.8 Å². The molecule has 0 aromatic carbocycles. The Kier molecular flexibility index (Phi) is 6.21. The molecule has 0 aromatic heterocycles. The van der Waals surface area contributed by atoms with Gasteiger partial charge in [-0.2, -0.15) is 0 Å². The van der Waals surface area contributed by atoms with E-state index in [2.05, 4.69) is 49.1 Å². The normalized spacial score (nSPS) is 27.2. The van der Waals surface area contributed by atoms with Crippen molar-refractivity contribution in [2.75, 3.05) is 0 Å². The van der Waals surface area contributed by atoms with Crippen molar-refractivity contribution in [2.45, 2.75) is 63.4 Å². The minimum Gasteiger partial charge on any atom is -0.390 e. The smallest absolute Gasteiger partial charge is 0.163 e. The number of carbonyl (C=O) groups excluding carboxylic acids is 1. The molecule has 0 aliphatic heterocycles. The predicted octanol–water partition coefficient (Wildman–Crippen LogP) is 6.95. The predicted molar refractivity (Wildman–Crippen MR) is 135 cm³/mol. The van der Waals surface area contributed by atoms with Crippen LogP contribution in [0.15, 0.2) is 107 Å². The Morgan fingerprint density at radius 2 is 1.76 bits per heavy atom. The molecule has 2 heteroatoms. The largest absolute Gasteiger partial charge is 0.390 e. The van der Waals surface area contributed by atoms with E-state index in [1.165, 1.54) is 23.1 Å². The van der Waals surface area contributed by atoms with Gasteiger partial charge >= 0.3 is 0 Å². The van der Waals surface area contributed by atoms with Crippen LogP contribution in [0.5, 0.6) is 0 Å². The zero-order chi connectivity index (χ0) is 22.8. The van der Waals surface area contributed by atoms with E-state index < -0.39 is 5.60 Å². The summed E-state index contributed by atoms with van der Waals surface area (Å²) in [7, 11) is 0. The summed E-state index contributed by atoms with van der Waals surface area (Å²) < 4.78 is 0. The Hall–Kier alpha value is -2.71. The SMILES string of the molecule is C=C1C=C(C(=O)CCC2=CC3C=C(CCC4(O)CCCCC4)C=CC3=C2)C=C2C=CC=CC12. The van der Waals surface area contributed by atoms with E-state index in [0.717, 1.165) is 61.7 Å². The molecule has 170 valence electrons. The van der Waals surface area contributed by atoms with Crippen LogP contribution in [0, 0.1) is 11.8 Å². The van der Waals surface area contributed by atoms with Crippen LogP contribution in [0.3, 0.4) is 0 Å². The van der Waals surface area contributed by atoms with E-state index in [9.17, 15) is 9.90 Å². The van der Waals surface area contributed by atoms with Crippen molar-refractivity contribution < 1.29 is 9.90 Å². The molecule has 5 aliphatic carbocycles. The summed E-state index contributed by atoms with van der Waals surface area (Å²) >= 11 is 0. The fourth-order valence-corrected chi connectivity index (χ4v) is 5.74. The average molecular weight is 439 g/mol. The number of Topliss-reactive ketones (excluding diaryl/α,β-unsaturated/α-hetero) is 1. The molecule has 0 aromatic rings. The van der Waals surface area contributed by atoms with Gasteiger partial charge in [-0.05, 0) is 61.0 Å². The lowest BCUT2D eigenvalue weighted by molar-refractivity contribution is -0.115. The summed E-state index contributed by atoms with van der Waals surface area (Å²) in [5, 5.41) is 10.8. The molecule has 2 atom stereocenters. The van der Waals surface area contributed by atoms with Gasteiger partial charge in [0.2, 0.25) is 0 Å². The first-order chi connectivity index (χ1) is 16.0. The second-order valence-corrected chi connectivity index (χ2v) is 10.2. The van der Waals surface area contributed by atoms with Crippen LogP contribution in [-0.4, -0.2) is 16.5 Å². The Balaban J connectivity index is 1.17. The number of hydrogen-bond acceptors (Lipinski definition) is 2. The number of aliphatic hydroxyl groups is 1. The van der Waals surface area contributed by atoms with E-state index in [1.54, 1.807) is 0 Å². The van der Waals surface area contributed by atoms with E-state index in [4.69, 9.17) is 0 Å². The standard InChI is InChI=1S/C31H34O2/c1-22-17-28(21-26-7-3-4-8-29(22)26)30(32)12-10-24-19-25-11-9-23(18-27(25)20-24)13-16-31(33)14-5-2-6-15-31/h3-4,7-9,11,17-21,27,29,33H,1-2,5-6,10,12-16H2. The number of hydrogen-bond donors (Lipinski definition) is 1. The van der Waals surface area contributed by atoms with Crippen LogP contribution < -0.4 is 0 Å². The van der Waals surface area contributed by atoms with Crippen LogP contribution in [-0.2, 0) is 4.79 Å². The lowest BCUT2D eigenvalue weighted by Crippen LogP contribution is -2.31. The molecule has 0 spiro atoms. The van der Waals surface area contributed by atoms with Crippen molar-refractivity contribution in [1.82, 2.24) is 0 Å². The Labute approximate surface area is 197 Å². The fourth-order valence-electron chi connectivity index (χ4n) is 5.74. The highest BCUT2D eigenvalue weighted by Gasteiger charge is 2.29. The van der Waals surface area contributed by atoms with Crippen LogP contribution in [0.1, 0.15) is 57.8 Å². The molecule has 0 amide bonds. The Morgan fingerprint density at radius 1 is 0.939 bits per heavy atom. The van der Waals surface area contributed by atoms with Crippen LogP contribution in [0.25, 0.3) is 0 Å².